The highest BCUT2D eigenvalue weighted by Gasteiger charge is 2.54. The standard InChI is InChI=1S/C27H22ClF3N6O4S/c1-10-33-27(37(35-10)17-4-3-16-26(19(17)28)42-11(2)34-16)25-22(39)21(24-23(41-25)18(38)9-40-24)36-8-13(7-32-36)12-5-14(29)20(31)15(30)6-12/h3-8,18,21-25,38-39H,9H2,1-2H3/t18?,21?,22?,23?,24-,25-/m1/s1. The van der Waals surface area contributed by atoms with Crippen molar-refractivity contribution < 1.29 is 32.9 Å². The lowest BCUT2D eigenvalue weighted by Crippen LogP contribution is -2.52. The molecule has 0 aliphatic carbocycles. The zero-order valence-electron chi connectivity index (χ0n) is 21.9. The predicted molar refractivity (Wildman–Crippen MR) is 145 cm³/mol. The Labute approximate surface area is 244 Å². The number of halogens is 4. The second-order valence-corrected chi connectivity index (χ2v) is 11.8. The monoisotopic (exact) mass is 618 g/mol. The molecule has 0 bridgehead atoms. The van der Waals surface area contributed by atoms with E-state index < -0.39 is 54.0 Å². The van der Waals surface area contributed by atoms with Gasteiger partial charge in [0.25, 0.3) is 0 Å². The minimum absolute atomic E-state index is 0.0489. The molecule has 42 heavy (non-hydrogen) atoms. The van der Waals surface area contributed by atoms with Gasteiger partial charge in [0.2, 0.25) is 0 Å². The summed E-state index contributed by atoms with van der Waals surface area (Å²) in [6.07, 6.45) is -2.36. The summed E-state index contributed by atoms with van der Waals surface area (Å²) < 4.78 is 57.1. The Bertz CT molecular complexity index is 1820. The summed E-state index contributed by atoms with van der Waals surface area (Å²) in [6.45, 7) is 3.52. The molecule has 2 aliphatic heterocycles. The van der Waals surface area contributed by atoms with Crippen LogP contribution in [0.4, 0.5) is 13.2 Å². The average molecular weight is 619 g/mol. The number of aliphatic hydroxyl groups excluding tert-OH is 2. The third-order valence-electron chi connectivity index (χ3n) is 7.49. The minimum atomic E-state index is -1.57. The van der Waals surface area contributed by atoms with Crippen LogP contribution in [-0.2, 0) is 9.47 Å². The Kier molecular flexibility index (Phi) is 6.60. The highest BCUT2D eigenvalue weighted by atomic mass is 35.5. The number of aliphatic hydroxyl groups is 2. The molecule has 2 fully saturated rings. The minimum Gasteiger partial charge on any atom is -0.388 e. The van der Waals surface area contributed by atoms with E-state index in [1.807, 2.05) is 13.0 Å². The van der Waals surface area contributed by atoms with Crippen LogP contribution in [0.3, 0.4) is 0 Å². The van der Waals surface area contributed by atoms with Gasteiger partial charge in [-0.2, -0.15) is 10.2 Å². The Morgan fingerprint density at radius 2 is 1.81 bits per heavy atom. The highest BCUT2D eigenvalue weighted by molar-refractivity contribution is 7.19. The molecule has 7 rings (SSSR count). The number of rotatable bonds is 4. The fourth-order valence-corrected chi connectivity index (χ4v) is 6.82. The molecule has 5 aromatic rings. The van der Waals surface area contributed by atoms with Crippen molar-refractivity contribution in [1.29, 1.82) is 0 Å². The van der Waals surface area contributed by atoms with Crippen molar-refractivity contribution >= 4 is 33.2 Å². The molecule has 0 radical (unpaired) electrons. The van der Waals surface area contributed by atoms with Crippen LogP contribution < -0.4 is 0 Å². The first kappa shape index (κ1) is 27.4. The molecule has 10 nitrogen and oxygen atoms in total. The smallest absolute Gasteiger partial charge is 0.194 e. The lowest BCUT2D eigenvalue weighted by atomic mass is 9.91. The number of hydrogen-bond acceptors (Lipinski definition) is 9. The molecule has 0 spiro atoms. The zero-order chi connectivity index (χ0) is 29.4. The first-order valence-corrected chi connectivity index (χ1v) is 14.1. The van der Waals surface area contributed by atoms with E-state index in [9.17, 15) is 23.4 Å². The fourth-order valence-electron chi connectivity index (χ4n) is 5.61. The van der Waals surface area contributed by atoms with Crippen molar-refractivity contribution in [3.05, 3.63) is 75.8 Å². The van der Waals surface area contributed by atoms with Gasteiger partial charge in [-0.25, -0.2) is 27.8 Å². The third kappa shape index (κ3) is 4.32. The molecule has 0 amide bonds. The van der Waals surface area contributed by atoms with E-state index in [2.05, 4.69) is 20.2 Å². The van der Waals surface area contributed by atoms with Crippen molar-refractivity contribution in [3.63, 3.8) is 0 Å². The Morgan fingerprint density at radius 3 is 2.57 bits per heavy atom. The average Bonchev–Trinajstić information content (AvgIpc) is 3.74. The maximum absolute atomic E-state index is 13.9. The Hall–Kier alpha value is -3.40. The lowest BCUT2D eigenvalue weighted by Gasteiger charge is -2.41. The summed E-state index contributed by atoms with van der Waals surface area (Å²) in [5.74, 6) is -3.63. The Morgan fingerprint density at radius 1 is 1.05 bits per heavy atom. The summed E-state index contributed by atoms with van der Waals surface area (Å²) in [4.78, 5) is 9.04. The fraction of sp³-hybridized carbons (Fsp3) is 0.333. The third-order valence-corrected chi connectivity index (χ3v) is 8.99. The maximum Gasteiger partial charge on any atom is 0.194 e. The number of ether oxygens (including phenoxy) is 2. The van der Waals surface area contributed by atoms with E-state index in [1.54, 1.807) is 13.0 Å². The quantitative estimate of drug-likeness (QED) is 0.287. The summed E-state index contributed by atoms with van der Waals surface area (Å²) in [5, 5.41) is 32.6. The van der Waals surface area contributed by atoms with Crippen LogP contribution in [-0.4, -0.2) is 70.8 Å². The number of fused-ring (bicyclic) bond motifs is 2. The van der Waals surface area contributed by atoms with E-state index in [0.717, 1.165) is 27.4 Å². The highest BCUT2D eigenvalue weighted by Crippen LogP contribution is 2.44. The van der Waals surface area contributed by atoms with Crippen molar-refractivity contribution in [2.45, 2.75) is 50.4 Å². The molecule has 0 saturated carbocycles. The van der Waals surface area contributed by atoms with Gasteiger partial charge in [-0.3, -0.25) is 4.68 Å². The van der Waals surface area contributed by atoms with Crippen LogP contribution >= 0.6 is 22.9 Å². The molecule has 2 aromatic carbocycles. The number of thiazole rings is 1. The molecule has 15 heteroatoms. The normalized spacial score (nSPS) is 25.8. The van der Waals surface area contributed by atoms with Gasteiger partial charge in [0.15, 0.2) is 23.3 Å². The predicted octanol–water partition coefficient (Wildman–Crippen LogP) is 4.23. The van der Waals surface area contributed by atoms with Gasteiger partial charge in [-0.1, -0.05) is 11.6 Å². The molecule has 6 atom stereocenters. The van der Waals surface area contributed by atoms with Crippen molar-refractivity contribution in [1.82, 2.24) is 29.5 Å². The van der Waals surface area contributed by atoms with Crippen molar-refractivity contribution in [2.24, 2.45) is 0 Å². The van der Waals surface area contributed by atoms with Crippen molar-refractivity contribution in [3.8, 4) is 16.8 Å². The SMILES string of the molecule is Cc1nc([C@@H]2OC3C(O)CO[C@@H]3C(n3cc(-c4cc(F)c(F)c(F)c4)cn3)C2O)n(-c2ccc3nc(C)sc3c2Cl)n1. The Balaban J connectivity index is 1.30. The molecular formula is C27H22ClF3N6O4S. The van der Waals surface area contributed by atoms with E-state index in [1.165, 1.54) is 33.1 Å². The van der Waals surface area contributed by atoms with Crippen LogP contribution in [0.25, 0.3) is 27.0 Å². The van der Waals surface area contributed by atoms with Crippen LogP contribution in [0.2, 0.25) is 5.02 Å². The van der Waals surface area contributed by atoms with Gasteiger partial charge in [-0.15, -0.1) is 11.3 Å². The molecule has 2 aliphatic rings. The van der Waals surface area contributed by atoms with Crippen LogP contribution in [0.15, 0.2) is 36.7 Å². The van der Waals surface area contributed by atoms with Crippen molar-refractivity contribution in [2.75, 3.05) is 6.61 Å². The molecule has 218 valence electrons. The lowest BCUT2D eigenvalue weighted by molar-refractivity contribution is -0.196. The van der Waals surface area contributed by atoms with E-state index in [-0.39, 0.29) is 23.6 Å². The van der Waals surface area contributed by atoms with E-state index >= 15 is 0 Å². The van der Waals surface area contributed by atoms with E-state index in [4.69, 9.17) is 21.1 Å². The van der Waals surface area contributed by atoms with Gasteiger partial charge in [0.05, 0.1) is 38.7 Å². The summed E-state index contributed by atoms with van der Waals surface area (Å²) in [6, 6.07) is 4.38. The molecule has 4 unspecified atom stereocenters. The number of hydrogen-bond donors (Lipinski definition) is 2. The molecular weight excluding hydrogens is 597 g/mol. The number of nitrogens with zero attached hydrogens (tertiary/aromatic N) is 6. The molecule has 2 N–H and O–H groups in total. The summed E-state index contributed by atoms with van der Waals surface area (Å²) in [5.41, 5.74) is 1.57. The maximum atomic E-state index is 13.9. The first-order chi connectivity index (χ1) is 20.1. The van der Waals surface area contributed by atoms with Gasteiger partial charge in [0.1, 0.15) is 42.4 Å². The topological polar surface area (TPSA) is 120 Å². The molecule has 5 heterocycles. The largest absolute Gasteiger partial charge is 0.388 e. The second kappa shape index (κ2) is 10.1. The zero-order valence-corrected chi connectivity index (χ0v) is 23.5. The first-order valence-electron chi connectivity index (χ1n) is 12.9. The molecule has 3 aromatic heterocycles. The molecule has 2 saturated heterocycles. The van der Waals surface area contributed by atoms with Crippen LogP contribution in [0.5, 0.6) is 0 Å². The van der Waals surface area contributed by atoms with Gasteiger partial charge in [0, 0.05) is 11.8 Å². The van der Waals surface area contributed by atoms with Crippen LogP contribution in [0, 0.1) is 31.3 Å². The number of benzene rings is 2. The second-order valence-electron chi connectivity index (χ2n) is 10.2. The van der Waals surface area contributed by atoms with Gasteiger partial charge >= 0.3 is 0 Å². The van der Waals surface area contributed by atoms with Gasteiger partial charge in [-0.05, 0) is 43.7 Å². The van der Waals surface area contributed by atoms with Gasteiger partial charge < -0.3 is 19.7 Å². The van der Waals surface area contributed by atoms with E-state index in [0.29, 0.717) is 16.5 Å². The number of aryl methyl sites for hydroxylation is 2. The summed E-state index contributed by atoms with van der Waals surface area (Å²) in [7, 11) is 0. The summed E-state index contributed by atoms with van der Waals surface area (Å²) >= 11 is 8.24. The van der Waals surface area contributed by atoms with Crippen LogP contribution in [0.1, 0.15) is 28.8 Å². The number of aromatic nitrogens is 6.